The summed E-state index contributed by atoms with van der Waals surface area (Å²) in [5, 5.41) is 0. The van der Waals surface area contributed by atoms with Gasteiger partial charge in [-0.1, -0.05) is 34.1 Å². The standard InChI is InChI=1S/C24H23BrN2O5/c1-17-15-21(11-12-22(17)25)32-16-23(28)26-27-24(29)18-7-9-20(10-8-18)31-14-13-30-19-5-3-2-4-6-19/h2-12,15H,13-14,16H2,1H3,(H,26,28)(H,27,29). The molecule has 0 fully saturated rings. The van der Waals surface area contributed by atoms with Crippen molar-refractivity contribution >= 4 is 27.7 Å². The molecule has 0 aromatic heterocycles. The van der Waals surface area contributed by atoms with Gasteiger partial charge in [0.25, 0.3) is 11.8 Å². The normalized spacial score (nSPS) is 10.2. The van der Waals surface area contributed by atoms with E-state index >= 15 is 0 Å². The molecule has 0 aliphatic rings. The Hall–Kier alpha value is -3.52. The predicted octanol–water partition coefficient (Wildman–Crippen LogP) is 4.06. The highest BCUT2D eigenvalue weighted by Crippen LogP contribution is 2.21. The van der Waals surface area contributed by atoms with Gasteiger partial charge in [0.1, 0.15) is 30.5 Å². The first-order valence-electron chi connectivity index (χ1n) is 9.90. The van der Waals surface area contributed by atoms with Crippen LogP contribution < -0.4 is 25.1 Å². The van der Waals surface area contributed by atoms with Crippen LogP contribution >= 0.6 is 15.9 Å². The number of hydrogen-bond donors (Lipinski definition) is 2. The molecule has 3 aromatic carbocycles. The summed E-state index contributed by atoms with van der Waals surface area (Å²) in [5.74, 6) is 1.04. The molecule has 2 N–H and O–H groups in total. The maximum absolute atomic E-state index is 12.2. The molecule has 3 aromatic rings. The maximum atomic E-state index is 12.2. The van der Waals surface area contributed by atoms with Gasteiger partial charge in [-0.05, 0) is 67.1 Å². The fourth-order valence-electron chi connectivity index (χ4n) is 2.63. The molecule has 0 radical (unpaired) electrons. The highest BCUT2D eigenvalue weighted by Gasteiger charge is 2.09. The van der Waals surface area contributed by atoms with Crippen molar-refractivity contribution in [2.45, 2.75) is 6.92 Å². The van der Waals surface area contributed by atoms with Crippen LogP contribution in [0.25, 0.3) is 0 Å². The predicted molar refractivity (Wildman–Crippen MR) is 124 cm³/mol. The number of benzene rings is 3. The van der Waals surface area contributed by atoms with Gasteiger partial charge in [0.15, 0.2) is 6.61 Å². The third-order valence-electron chi connectivity index (χ3n) is 4.30. The molecule has 0 bridgehead atoms. The molecule has 0 spiro atoms. The van der Waals surface area contributed by atoms with Gasteiger partial charge in [0, 0.05) is 10.0 Å². The first kappa shape index (κ1) is 23.1. The topological polar surface area (TPSA) is 85.9 Å². The molecule has 7 nitrogen and oxygen atoms in total. The highest BCUT2D eigenvalue weighted by atomic mass is 79.9. The number of amides is 2. The molecule has 0 atom stereocenters. The lowest BCUT2D eigenvalue weighted by Gasteiger charge is -2.10. The summed E-state index contributed by atoms with van der Waals surface area (Å²) in [6, 6.07) is 21.5. The number of para-hydroxylation sites is 1. The number of hydrogen-bond acceptors (Lipinski definition) is 5. The molecule has 166 valence electrons. The maximum Gasteiger partial charge on any atom is 0.276 e. The molecule has 0 unspecified atom stereocenters. The quantitative estimate of drug-likeness (QED) is 0.343. The lowest BCUT2D eigenvalue weighted by Crippen LogP contribution is -2.43. The van der Waals surface area contributed by atoms with E-state index in [9.17, 15) is 9.59 Å². The van der Waals surface area contributed by atoms with E-state index in [2.05, 4.69) is 26.8 Å². The van der Waals surface area contributed by atoms with Crippen molar-refractivity contribution in [3.8, 4) is 17.2 Å². The molecule has 0 aliphatic heterocycles. The van der Waals surface area contributed by atoms with E-state index < -0.39 is 11.8 Å². The Morgan fingerprint density at radius 1 is 0.781 bits per heavy atom. The number of halogens is 1. The van der Waals surface area contributed by atoms with Crippen LogP contribution in [-0.2, 0) is 4.79 Å². The summed E-state index contributed by atoms with van der Waals surface area (Å²) < 4.78 is 17.5. The Labute approximate surface area is 194 Å². The molecular formula is C24H23BrN2O5. The van der Waals surface area contributed by atoms with Gasteiger partial charge in [-0.25, -0.2) is 0 Å². The summed E-state index contributed by atoms with van der Waals surface area (Å²) in [5.41, 5.74) is 6.06. The highest BCUT2D eigenvalue weighted by molar-refractivity contribution is 9.10. The van der Waals surface area contributed by atoms with Crippen LogP contribution in [0.4, 0.5) is 0 Å². The minimum absolute atomic E-state index is 0.223. The first-order valence-corrected chi connectivity index (χ1v) is 10.7. The Morgan fingerprint density at radius 3 is 2.06 bits per heavy atom. The van der Waals surface area contributed by atoms with Crippen molar-refractivity contribution in [1.29, 1.82) is 0 Å². The van der Waals surface area contributed by atoms with E-state index in [4.69, 9.17) is 14.2 Å². The smallest absolute Gasteiger partial charge is 0.276 e. The van der Waals surface area contributed by atoms with Gasteiger partial charge in [-0.3, -0.25) is 20.4 Å². The molecule has 0 heterocycles. The Bertz CT molecular complexity index is 1040. The van der Waals surface area contributed by atoms with Crippen LogP contribution in [0, 0.1) is 6.92 Å². The molecule has 3 rings (SSSR count). The summed E-state index contributed by atoms with van der Waals surface area (Å²) in [7, 11) is 0. The van der Waals surface area contributed by atoms with Gasteiger partial charge >= 0.3 is 0 Å². The third kappa shape index (κ3) is 7.31. The first-order chi connectivity index (χ1) is 15.5. The zero-order valence-corrected chi connectivity index (χ0v) is 19.1. The fraction of sp³-hybridized carbons (Fsp3) is 0.167. The van der Waals surface area contributed by atoms with Crippen LogP contribution in [-0.4, -0.2) is 31.6 Å². The zero-order chi connectivity index (χ0) is 22.8. The van der Waals surface area contributed by atoms with Crippen molar-refractivity contribution in [1.82, 2.24) is 10.9 Å². The fourth-order valence-corrected chi connectivity index (χ4v) is 2.88. The Kier molecular flexibility index (Phi) is 8.51. The van der Waals surface area contributed by atoms with Crippen molar-refractivity contribution in [2.24, 2.45) is 0 Å². The summed E-state index contributed by atoms with van der Waals surface area (Å²) >= 11 is 3.41. The minimum atomic E-state index is -0.475. The Morgan fingerprint density at radius 2 is 1.41 bits per heavy atom. The number of nitrogens with one attached hydrogen (secondary N) is 2. The van der Waals surface area contributed by atoms with Gasteiger partial charge in [0.2, 0.25) is 0 Å². The van der Waals surface area contributed by atoms with E-state index in [1.54, 1.807) is 30.3 Å². The number of carbonyl (C=O) groups excluding carboxylic acids is 2. The van der Waals surface area contributed by atoms with E-state index in [0.29, 0.717) is 30.3 Å². The second kappa shape index (κ2) is 11.8. The molecule has 32 heavy (non-hydrogen) atoms. The third-order valence-corrected chi connectivity index (χ3v) is 5.19. The summed E-state index contributed by atoms with van der Waals surface area (Å²) in [6.45, 7) is 2.47. The Balaban J connectivity index is 1.36. The SMILES string of the molecule is Cc1cc(OCC(=O)NNC(=O)c2ccc(OCCOc3ccccc3)cc2)ccc1Br. The number of rotatable bonds is 9. The van der Waals surface area contributed by atoms with Crippen LogP contribution in [0.15, 0.2) is 77.3 Å². The summed E-state index contributed by atoms with van der Waals surface area (Å²) in [6.07, 6.45) is 0. The van der Waals surface area contributed by atoms with E-state index in [-0.39, 0.29) is 6.61 Å². The lowest BCUT2D eigenvalue weighted by molar-refractivity contribution is -0.123. The number of carbonyl (C=O) groups is 2. The van der Waals surface area contributed by atoms with E-state index in [1.807, 2.05) is 49.4 Å². The van der Waals surface area contributed by atoms with Crippen molar-refractivity contribution in [3.63, 3.8) is 0 Å². The van der Waals surface area contributed by atoms with Crippen LogP contribution in [0.5, 0.6) is 17.2 Å². The molecule has 8 heteroatoms. The molecule has 0 saturated carbocycles. The average molecular weight is 499 g/mol. The minimum Gasteiger partial charge on any atom is -0.490 e. The van der Waals surface area contributed by atoms with Gasteiger partial charge in [0.05, 0.1) is 0 Å². The zero-order valence-electron chi connectivity index (χ0n) is 17.5. The lowest BCUT2D eigenvalue weighted by atomic mass is 10.2. The number of ether oxygens (including phenoxy) is 3. The second-order valence-electron chi connectivity index (χ2n) is 6.74. The largest absolute Gasteiger partial charge is 0.490 e. The van der Waals surface area contributed by atoms with Crippen LogP contribution in [0.1, 0.15) is 15.9 Å². The number of aryl methyl sites for hydroxylation is 1. The molecular weight excluding hydrogens is 476 g/mol. The van der Waals surface area contributed by atoms with E-state index in [1.165, 1.54) is 0 Å². The van der Waals surface area contributed by atoms with Crippen LogP contribution in [0.3, 0.4) is 0 Å². The van der Waals surface area contributed by atoms with E-state index in [0.717, 1.165) is 15.8 Å². The molecule has 0 aliphatic carbocycles. The van der Waals surface area contributed by atoms with Crippen molar-refractivity contribution in [2.75, 3.05) is 19.8 Å². The van der Waals surface area contributed by atoms with Crippen molar-refractivity contribution < 1.29 is 23.8 Å². The van der Waals surface area contributed by atoms with Gasteiger partial charge < -0.3 is 14.2 Å². The monoisotopic (exact) mass is 498 g/mol. The second-order valence-corrected chi connectivity index (χ2v) is 7.59. The number of hydrazine groups is 1. The summed E-state index contributed by atoms with van der Waals surface area (Å²) in [4.78, 5) is 24.1. The van der Waals surface area contributed by atoms with Gasteiger partial charge in [-0.2, -0.15) is 0 Å². The molecule has 2 amide bonds. The average Bonchev–Trinajstić information content (AvgIpc) is 2.82. The van der Waals surface area contributed by atoms with Gasteiger partial charge in [-0.15, -0.1) is 0 Å². The van der Waals surface area contributed by atoms with Crippen molar-refractivity contribution in [3.05, 3.63) is 88.4 Å². The van der Waals surface area contributed by atoms with Crippen LogP contribution in [0.2, 0.25) is 0 Å². The molecule has 0 saturated heterocycles.